The molecule has 1 amide bonds. The number of carbonyl (C=O) groups excluding carboxylic acids is 1. The van der Waals surface area contributed by atoms with E-state index in [0.29, 0.717) is 52.5 Å². The number of rotatable bonds is 9. The lowest BCUT2D eigenvalue weighted by atomic mass is 10.2. The molecule has 0 bridgehead atoms. The van der Waals surface area contributed by atoms with Gasteiger partial charge >= 0.3 is 0 Å². The van der Waals surface area contributed by atoms with Crippen LogP contribution in [0, 0.1) is 0 Å². The van der Waals surface area contributed by atoms with E-state index in [2.05, 4.69) is 11.9 Å². The van der Waals surface area contributed by atoms with Gasteiger partial charge in [0.05, 0.1) is 28.5 Å². The standard InChI is InChI=1S/C22H24Cl2N2O3S/c1-3-5-10-29-17-8-6-7-15(12-17)21(27)25-22-26(9-11-28-4-2)20-18(24)13-16(23)14-19(20)30-22/h6-8,12-14H,3-5,9-11H2,1-2H3. The lowest BCUT2D eigenvalue weighted by molar-refractivity contribution is 0.0996. The highest BCUT2D eigenvalue weighted by atomic mass is 35.5. The average Bonchev–Trinajstić information content (AvgIpc) is 3.05. The number of unbranched alkanes of at least 4 members (excludes halogenated alkanes) is 1. The van der Waals surface area contributed by atoms with Gasteiger partial charge in [-0.1, -0.05) is 53.9 Å². The monoisotopic (exact) mass is 466 g/mol. The maximum Gasteiger partial charge on any atom is 0.279 e. The van der Waals surface area contributed by atoms with E-state index in [1.807, 2.05) is 23.6 Å². The van der Waals surface area contributed by atoms with Crippen LogP contribution in [0.25, 0.3) is 10.2 Å². The van der Waals surface area contributed by atoms with Crippen molar-refractivity contribution in [3.8, 4) is 5.75 Å². The van der Waals surface area contributed by atoms with E-state index >= 15 is 0 Å². The lowest BCUT2D eigenvalue weighted by Gasteiger charge is -2.07. The van der Waals surface area contributed by atoms with E-state index in [4.69, 9.17) is 32.7 Å². The minimum absolute atomic E-state index is 0.338. The zero-order valence-electron chi connectivity index (χ0n) is 17.0. The highest BCUT2D eigenvalue weighted by molar-refractivity contribution is 7.16. The van der Waals surface area contributed by atoms with Gasteiger partial charge in [-0.2, -0.15) is 4.99 Å². The molecule has 0 fully saturated rings. The molecule has 0 atom stereocenters. The first kappa shape index (κ1) is 22.8. The number of nitrogens with zero attached hydrogens (tertiary/aromatic N) is 2. The number of halogens is 2. The van der Waals surface area contributed by atoms with Crippen molar-refractivity contribution in [3.63, 3.8) is 0 Å². The van der Waals surface area contributed by atoms with E-state index in [1.165, 1.54) is 11.3 Å². The molecule has 0 saturated carbocycles. The van der Waals surface area contributed by atoms with Crippen LogP contribution in [0.1, 0.15) is 37.0 Å². The molecule has 0 saturated heterocycles. The van der Waals surface area contributed by atoms with Gasteiger partial charge in [-0.3, -0.25) is 4.79 Å². The van der Waals surface area contributed by atoms with Crippen LogP contribution in [-0.4, -0.2) is 30.3 Å². The Kier molecular flexibility index (Phi) is 8.33. The predicted octanol–water partition coefficient (Wildman–Crippen LogP) is 5.97. The van der Waals surface area contributed by atoms with Crippen molar-refractivity contribution in [2.45, 2.75) is 33.2 Å². The Morgan fingerprint density at radius 3 is 2.77 bits per heavy atom. The number of fused-ring (bicyclic) bond motifs is 1. The first-order valence-electron chi connectivity index (χ1n) is 9.91. The topological polar surface area (TPSA) is 52.8 Å². The van der Waals surface area contributed by atoms with Crippen LogP contribution in [0.2, 0.25) is 10.0 Å². The number of carbonyl (C=O) groups is 1. The molecule has 5 nitrogen and oxygen atoms in total. The molecular weight excluding hydrogens is 443 g/mol. The summed E-state index contributed by atoms with van der Waals surface area (Å²) in [6.45, 7) is 6.29. The van der Waals surface area contributed by atoms with E-state index in [1.54, 1.807) is 24.3 Å². The van der Waals surface area contributed by atoms with Crippen molar-refractivity contribution < 1.29 is 14.3 Å². The van der Waals surface area contributed by atoms with Gasteiger partial charge in [0.25, 0.3) is 5.91 Å². The van der Waals surface area contributed by atoms with Crippen molar-refractivity contribution in [2.24, 2.45) is 4.99 Å². The van der Waals surface area contributed by atoms with E-state index in [-0.39, 0.29) is 5.91 Å². The third-order valence-corrected chi connectivity index (χ3v) is 5.94. The number of hydrogen-bond donors (Lipinski definition) is 0. The molecule has 30 heavy (non-hydrogen) atoms. The number of aromatic nitrogens is 1. The summed E-state index contributed by atoms with van der Waals surface area (Å²) in [4.78, 5) is 17.8. The van der Waals surface area contributed by atoms with Gasteiger partial charge < -0.3 is 14.0 Å². The Morgan fingerprint density at radius 2 is 2.00 bits per heavy atom. The maximum atomic E-state index is 12.9. The summed E-state index contributed by atoms with van der Waals surface area (Å²) in [6.07, 6.45) is 2.02. The smallest absolute Gasteiger partial charge is 0.279 e. The van der Waals surface area contributed by atoms with Gasteiger partial charge in [-0.15, -0.1) is 0 Å². The van der Waals surface area contributed by atoms with Gasteiger partial charge in [0.2, 0.25) is 0 Å². The Labute approximate surface area is 189 Å². The van der Waals surface area contributed by atoms with Crippen molar-refractivity contribution in [1.82, 2.24) is 4.57 Å². The van der Waals surface area contributed by atoms with Crippen LogP contribution in [-0.2, 0) is 11.3 Å². The minimum Gasteiger partial charge on any atom is -0.494 e. The van der Waals surface area contributed by atoms with Gasteiger partial charge in [0.15, 0.2) is 4.80 Å². The number of benzene rings is 2. The molecule has 8 heteroatoms. The minimum atomic E-state index is -0.338. The number of thiazole rings is 1. The van der Waals surface area contributed by atoms with E-state index in [0.717, 1.165) is 23.1 Å². The van der Waals surface area contributed by atoms with Gasteiger partial charge in [0.1, 0.15) is 5.75 Å². The number of amides is 1. The van der Waals surface area contributed by atoms with Crippen LogP contribution < -0.4 is 9.54 Å². The molecule has 0 radical (unpaired) electrons. The largest absolute Gasteiger partial charge is 0.494 e. The molecule has 1 aromatic heterocycles. The van der Waals surface area contributed by atoms with Crippen molar-refractivity contribution in [1.29, 1.82) is 0 Å². The SMILES string of the molecule is CCCCOc1cccc(C(=O)N=c2sc3cc(Cl)cc(Cl)c3n2CCOCC)c1. The highest BCUT2D eigenvalue weighted by Gasteiger charge is 2.13. The second-order valence-corrected chi connectivity index (χ2v) is 8.47. The Bertz CT molecular complexity index is 1090. The summed E-state index contributed by atoms with van der Waals surface area (Å²) in [7, 11) is 0. The fraction of sp³-hybridized carbons (Fsp3) is 0.364. The van der Waals surface area contributed by atoms with Crippen LogP contribution in [0.3, 0.4) is 0 Å². The predicted molar refractivity (Wildman–Crippen MR) is 123 cm³/mol. The molecule has 0 aliphatic heterocycles. The van der Waals surface area contributed by atoms with Gasteiger partial charge in [0, 0.05) is 23.7 Å². The van der Waals surface area contributed by atoms with Crippen molar-refractivity contribution in [3.05, 3.63) is 56.8 Å². The summed E-state index contributed by atoms with van der Waals surface area (Å²) < 4.78 is 14.0. The first-order chi connectivity index (χ1) is 14.5. The molecule has 1 heterocycles. The van der Waals surface area contributed by atoms with Crippen LogP contribution >= 0.6 is 34.5 Å². The molecule has 3 aromatic rings. The average molecular weight is 467 g/mol. The summed E-state index contributed by atoms with van der Waals surface area (Å²) in [5.41, 5.74) is 1.27. The Balaban J connectivity index is 1.98. The first-order valence-corrected chi connectivity index (χ1v) is 11.5. The van der Waals surface area contributed by atoms with Crippen LogP contribution in [0.4, 0.5) is 0 Å². The van der Waals surface area contributed by atoms with Gasteiger partial charge in [-0.25, -0.2) is 0 Å². The molecule has 0 spiro atoms. The van der Waals surface area contributed by atoms with Gasteiger partial charge in [-0.05, 0) is 43.7 Å². The second kappa shape index (κ2) is 11.0. The quantitative estimate of drug-likeness (QED) is 0.365. The fourth-order valence-electron chi connectivity index (χ4n) is 2.93. The molecule has 160 valence electrons. The molecule has 0 unspecified atom stereocenters. The fourth-order valence-corrected chi connectivity index (χ4v) is 4.76. The summed E-state index contributed by atoms with van der Waals surface area (Å²) in [5.74, 6) is 0.328. The van der Waals surface area contributed by atoms with Crippen LogP contribution in [0.15, 0.2) is 41.4 Å². The molecule has 0 aliphatic carbocycles. The normalized spacial score (nSPS) is 11.9. The second-order valence-electron chi connectivity index (χ2n) is 6.61. The summed E-state index contributed by atoms with van der Waals surface area (Å²) in [6, 6.07) is 10.6. The molecule has 0 aliphatic rings. The zero-order valence-corrected chi connectivity index (χ0v) is 19.3. The van der Waals surface area contributed by atoms with E-state index < -0.39 is 0 Å². The van der Waals surface area contributed by atoms with Crippen molar-refractivity contribution >= 4 is 50.7 Å². The summed E-state index contributed by atoms with van der Waals surface area (Å²) in [5, 5.41) is 1.06. The van der Waals surface area contributed by atoms with Crippen molar-refractivity contribution in [2.75, 3.05) is 19.8 Å². The molecule has 3 rings (SSSR count). The lowest BCUT2D eigenvalue weighted by Crippen LogP contribution is -2.20. The third-order valence-electron chi connectivity index (χ3n) is 4.40. The van der Waals surface area contributed by atoms with Crippen LogP contribution in [0.5, 0.6) is 5.75 Å². The molecule has 0 N–H and O–H groups in total. The Morgan fingerprint density at radius 1 is 1.17 bits per heavy atom. The zero-order chi connectivity index (χ0) is 21.5. The third kappa shape index (κ3) is 5.64. The number of ether oxygens (including phenoxy) is 2. The van der Waals surface area contributed by atoms with E-state index in [9.17, 15) is 4.79 Å². The number of hydrogen-bond acceptors (Lipinski definition) is 4. The highest BCUT2D eigenvalue weighted by Crippen LogP contribution is 2.29. The Hall–Kier alpha value is -1.86. The molecular formula is C22H24Cl2N2O3S. The summed E-state index contributed by atoms with van der Waals surface area (Å²) >= 11 is 14.0. The maximum absolute atomic E-state index is 12.9. The molecule has 2 aromatic carbocycles.